The lowest BCUT2D eigenvalue weighted by Gasteiger charge is -2.29. The zero-order valence-corrected chi connectivity index (χ0v) is 11.2. The summed E-state index contributed by atoms with van der Waals surface area (Å²) >= 11 is 0. The largest absolute Gasteiger partial charge is 0.490 e. The van der Waals surface area contributed by atoms with E-state index in [2.05, 4.69) is 10.2 Å². The van der Waals surface area contributed by atoms with Crippen LogP contribution in [0.15, 0.2) is 30.3 Å². The number of carboxylic acids is 1. The number of rotatable bonds is 1. The first-order chi connectivity index (χ1) is 9.82. The number of aliphatic carboxylic acids is 1. The van der Waals surface area contributed by atoms with E-state index in [4.69, 9.17) is 15.3 Å². The standard InChI is InChI=1S/C11H15N3.C2HF3O2/c12-11(10-4-2-1-3-5-10)14-8-6-13-7-9-14;3-2(4,5)1(6)7/h1-5,12-13H,6-9H2;(H,6,7). The van der Waals surface area contributed by atoms with E-state index in [1.807, 2.05) is 30.3 Å². The number of hydrogen-bond donors (Lipinski definition) is 3. The molecule has 0 atom stereocenters. The highest BCUT2D eigenvalue weighted by Gasteiger charge is 2.38. The maximum absolute atomic E-state index is 10.6. The van der Waals surface area contributed by atoms with Crippen LogP contribution in [0.4, 0.5) is 13.2 Å². The number of nitrogens with zero attached hydrogens (tertiary/aromatic N) is 1. The number of halogens is 3. The minimum absolute atomic E-state index is 0.645. The predicted molar refractivity (Wildman–Crippen MR) is 71.4 cm³/mol. The van der Waals surface area contributed by atoms with Gasteiger partial charge in [-0.25, -0.2) is 4.79 Å². The molecule has 1 saturated heterocycles. The summed E-state index contributed by atoms with van der Waals surface area (Å²) in [7, 11) is 0. The molecule has 2 rings (SSSR count). The molecule has 0 bridgehead atoms. The fraction of sp³-hybridized carbons (Fsp3) is 0.385. The van der Waals surface area contributed by atoms with E-state index in [-0.39, 0.29) is 0 Å². The van der Waals surface area contributed by atoms with Crippen LogP contribution in [0.1, 0.15) is 5.56 Å². The van der Waals surface area contributed by atoms with Gasteiger partial charge in [-0.2, -0.15) is 13.2 Å². The fourth-order valence-electron chi connectivity index (χ4n) is 1.67. The van der Waals surface area contributed by atoms with Gasteiger partial charge in [0, 0.05) is 31.7 Å². The molecular formula is C13H16F3N3O2. The van der Waals surface area contributed by atoms with Crippen LogP contribution in [0.5, 0.6) is 0 Å². The second kappa shape index (κ2) is 7.63. The Labute approximate surface area is 119 Å². The molecule has 21 heavy (non-hydrogen) atoms. The van der Waals surface area contributed by atoms with E-state index in [1.54, 1.807) is 0 Å². The van der Waals surface area contributed by atoms with Gasteiger partial charge < -0.3 is 15.3 Å². The van der Waals surface area contributed by atoms with E-state index in [0.29, 0.717) is 5.84 Å². The van der Waals surface area contributed by atoms with Crippen molar-refractivity contribution >= 4 is 11.8 Å². The van der Waals surface area contributed by atoms with Crippen molar-refractivity contribution in [2.45, 2.75) is 6.18 Å². The second-order valence-corrected chi connectivity index (χ2v) is 4.25. The lowest BCUT2D eigenvalue weighted by molar-refractivity contribution is -0.192. The molecule has 116 valence electrons. The maximum atomic E-state index is 10.6. The Morgan fingerprint density at radius 1 is 1.19 bits per heavy atom. The van der Waals surface area contributed by atoms with E-state index < -0.39 is 12.1 Å². The number of carbonyl (C=O) groups is 1. The van der Waals surface area contributed by atoms with Crippen molar-refractivity contribution in [3.63, 3.8) is 0 Å². The molecule has 0 radical (unpaired) electrons. The molecule has 1 fully saturated rings. The van der Waals surface area contributed by atoms with Gasteiger partial charge in [0.15, 0.2) is 0 Å². The molecule has 1 aromatic rings. The van der Waals surface area contributed by atoms with Gasteiger partial charge in [0.25, 0.3) is 0 Å². The van der Waals surface area contributed by atoms with E-state index in [9.17, 15) is 13.2 Å². The molecule has 0 unspecified atom stereocenters. The number of piperazine rings is 1. The third-order valence-electron chi connectivity index (χ3n) is 2.72. The Hall–Kier alpha value is -2.09. The van der Waals surface area contributed by atoms with Gasteiger partial charge >= 0.3 is 12.1 Å². The molecule has 5 nitrogen and oxygen atoms in total. The summed E-state index contributed by atoms with van der Waals surface area (Å²) in [5.74, 6) is -2.11. The van der Waals surface area contributed by atoms with Crippen molar-refractivity contribution in [1.29, 1.82) is 5.41 Å². The molecule has 0 spiro atoms. The molecule has 8 heteroatoms. The molecule has 1 aliphatic heterocycles. The maximum Gasteiger partial charge on any atom is 0.490 e. The van der Waals surface area contributed by atoms with Gasteiger partial charge in [-0.05, 0) is 0 Å². The van der Waals surface area contributed by atoms with Crippen LogP contribution in [0.2, 0.25) is 0 Å². The quantitative estimate of drug-likeness (QED) is 0.543. The van der Waals surface area contributed by atoms with Gasteiger partial charge in [0.1, 0.15) is 5.84 Å². The van der Waals surface area contributed by atoms with Gasteiger partial charge in [-0.15, -0.1) is 0 Å². The normalized spacial score (nSPS) is 14.9. The van der Waals surface area contributed by atoms with Crippen LogP contribution in [0.3, 0.4) is 0 Å². The lowest BCUT2D eigenvalue weighted by Crippen LogP contribution is -2.46. The number of nitrogens with one attached hydrogen (secondary N) is 2. The van der Waals surface area contributed by atoms with Crippen molar-refractivity contribution in [2.75, 3.05) is 26.2 Å². The molecule has 1 aliphatic rings. The predicted octanol–water partition coefficient (Wildman–Crippen LogP) is 1.55. The Kier molecular flexibility index (Phi) is 6.16. The minimum atomic E-state index is -5.08. The average molecular weight is 303 g/mol. The zero-order chi connectivity index (χ0) is 15.9. The first-order valence-electron chi connectivity index (χ1n) is 6.22. The number of carboxylic acid groups (broad SMARTS) is 1. The van der Waals surface area contributed by atoms with E-state index in [1.165, 1.54) is 0 Å². The fourth-order valence-corrected chi connectivity index (χ4v) is 1.67. The van der Waals surface area contributed by atoms with Gasteiger partial charge in [-0.3, -0.25) is 5.41 Å². The highest BCUT2D eigenvalue weighted by Crippen LogP contribution is 2.13. The Bertz CT molecular complexity index is 471. The second-order valence-electron chi connectivity index (χ2n) is 4.25. The topological polar surface area (TPSA) is 76.4 Å². The van der Waals surface area contributed by atoms with Crippen LogP contribution >= 0.6 is 0 Å². The molecular weight excluding hydrogens is 287 g/mol. The summed E-state index contributed by atoms with van der Waals surface area (Å²) in [6, 6.07) is 9.92. The van der Waals surface area contributed by atoms with Crippen molar-refractivity contribution in [1.82, 2.24) is 10.2 Å². The van der Waals surface area contributed by atoms with Crippen LogP contribution in [-0.2, 0) is 4.79 Å². The van der Waals surface area contributed by atoms with Crippen molar-refractivity contribution in [3.05, 3.63) is 35.9 Å². The first kappa shape index (κ1) is 17.0. The first-order valence-corrected chi connectivity index (χ1v) is 6.22. The smallest absolute Gasteiger partial charge is 0.475 e. The highest BCUT2D eigenvalue weighted by atomic mass is 19.4. The summed E-state index contributed by atoms with van der Waals surface area (Å²) in [6.45, 7) is 3.84. The Morgan fingerprint density at radius 3 is 2.10 bits per heavy atom. The van der Waals surface area contributed by atoms with Crippen molar-refractivity contribution in [3.8, 4) is 0 Å². The Balaban J connectivity index is 0.000000270. The van der Waals surface area contributed by atoms with Crippen LogP contribution in [0.25, 0.3) is 0 Å². The molecule has 0 aliphatic carbocycles. The summed E-state index contributed by atoms with van der Waals surface area (Å²) in [6.07, 6.45) is -5.08. The summed E-state index contributed by atoms with van der Waals surface area (Å²) in [4.78, 5) is 11.0. The molecule has 0 aromatic heterocycles. The molecule has 0 amide bonds. The summed E-state index contributed by atoms with van der Waals surface area (Å²) in [5, 5.41) is 18.4. The van der Waals surface area contributed by atoms with E-state index >= 15 is 0 Å². The van der Waals surface area contributed by atoms with Gasteiger partial charge in [0.05, 0.1) is 0 Å². The number of hydrogen-bond acceptors (Lipinski definition) is 3. The average Bonchev–Trinajstić information content (AvgIpc) is 2.48. The molecule has 0 saturated carbocycles. The molecule has 1 aromatic carbocycles. The van der Waals surface area contributed by atoms with Crippen molar-refractivity contribution in [2.24, 2.45) is 0 Å². The van der Waals surface area contributed by atoms with Crippen LogP contribution in [-0.4, -0.2) is 54.2 Å². The third-order valence-corrected chi connectivity index (χ3v) is 2.72. The SMILES string of the molecule is N=C(c1ccccc1)N1CCNCC1.O=C(O)C(F)(F)F. The summed E-state index contributed by atoms with van der Waals surface area (Å²) in [5.41, 5.74) is 1.01. The number of benzene rings is 1. The van der Waals surface area contributed by atoms with Crippen LogP contribution in [0, 0.1) is 5.41 Å². The molecule has 3 N–H and O–H groups in total. The zero-order valence-electron chi connectivity index (χ0n) is 11.2. The van der Waals surface area contributed by atoms with Gasteiger partial charge in [0.2, 0.25) is 0 Å². The highest BCUT2D eigenvalue weighted by molar-refractivity contribution is 5.96. The summed E-state index contributed by atoms with van der Waals surface area (Å²) < 4.78 is 31.7. The minimum Gasteiger partial charge on any atom is -0.475 e. The Morgan fingerprint density at radius 2 is 1.67 bits per heavy atom. The van der Waals surface area contributed by atoms with E-state index in [0.717, 1.165) is 31.7 Å². The monoisotopic (exact) mass is 303 g/mol. The number of amidine groups is 1. The number of alkyl halides is 3. The van der Waals surface area contributed by atoms with Crippen LogP contribution < -0.4 is 5.32 Å². The third kappa shape index (κ3) is 5.82. The van der Waals surface area contributed by atoms with Crippen molar-refractivity contribution < 1.29 is 23.1 Å². The van der Waals surface area contributed by atoms with Gasteiger partial charge in [-0.1, -0.05) is 30.3 Å². The lowest BCUT2D eigenvalue weighted by atomic mass is 10.2. The molecule has 1 heterocycles.